The summed E-state index contributed by atoms with van der Waals surface area (Å²) in [4.78, 5) is 12.9. The van der Waals surface area contributed by atoms with Gasteiger partial charge in [-0.2, -0.15) is 4.98 Å². The van der Waals surface area contributed by atoms with E-state index in [0.29, 0.717) is 35.9 Å². The quantitative estimate of drug-likeness (QED) is 0.675. The van der Waals surface area contributed by atoms with Gasteiger partial charge in [-0.1, -0.05) is 0 Å². The molecule has 0 atom stereocenters. The molecule has 0 saturated carbocycles. The first-order valence-corrected chi connectivity index (χ1v) is 6.69. The van der Waals surface area contributed by atoms with Crippen LogP contribution in [0.25, 0.3) is 11.2 Å². The number of aryl methyl sites for hydroxylation is 1. The van der Waals surface area contributed by atoms with Crippen molar-refractivity contribution in [2.24, 2.45) is 0 Å². The normalized spacial score (nSPS) is 11.1. The summed E-state index contributed by atoms with van der Waals surface area (Å²) in [5.74, 6) is 2.61. The maximum atomic E-state index is 5.85. The predicted molar refractivity (Wildman–Crippen MR) is 74.1 cm³/mol. The Morgan fingerprint density at radius 2 is 2.30 bits per heavy atom. The molecular formula is C13H13ClN4O2. The lowest BCUT2D eigenvalue weighted by Crippen LogP contribution is -2.06. The minimum Gasteiger partial charge on any atom is -0.479 e. The lowest BCUT2D eigenvalue weighted by Gasteiger charge is -2.05. The number of fused-ring (bicyclic) bond motifs is 1. The number of furan rings is 1. The minimum absolute atomic E-state index is 0.462. The van der Waals surface area contributed by atoms with Crippen LogP contribution in [0.4, 0.5) is 0 Å². The van der Waals surface area contributed by atoms with Crippen LogP contribution in [0, 0.1) is 0 Å². The summed E-state index contributed by atoms with van der Waals surface area (Å²) < 4.78 is 12.6. The Morgan fingerprint density at radius 3 is 3.00 bits per heavy atom. The monoisotopic (exact) mass is 292 g/mol. The van der Waals surface area contributed by atoms with Crippen molar-refractivity contribution in [3.05, 3.63) is 36.3 Å². The molecule has 104 valence electrons. The van der Waals surface area contributed by atoms with E-state index in [9.17, 15) is 0 Å². The van der Waals surface area contributed by atoms with Crippen LogP contribution in [0.5, 0.6) is 5.88 Å². The summed E-state index contributed by atoms with van der Waals surface area (Å²) in [6.07, 6.45) is 3.75. The SMILES string of the molecule is COc1ncnc2c1nc(CCCl)n2Cc1ccco1. The molecule has 0 amide bonds. The number of hydrogen-bond donors (Lipinski definition) is 0. The standard InChI is InChI=1S/C13H13ClN4O2/c1-19-13-11-12(15-8-16-13)18(10(17-11)4-5-14)7-9-3-2-6-20-9/h2-3,6,8H,4-5,7H2,1H3. The maximum Gasteiger partial charge on any atom is 0.245 e. The summed E-state index contributed by atoms with van der Waals surface area (Å²) in [6.45, 7) is 0.551. The van der Waals surface area contributed by atoms with Gasteiger partial charge in [-0.05, 0) is 12.1 Å². The topological polar surface area (TPSA) is 66.0 Å². The molecule has 0 fully saturated rings. The predicted octanol–water partition coefficient (Wildman–Crippen LogP) is 2.26. The van der Waals surface area contributed by atoms with Gasteiger partial charge in [0.2, 0.25) is 5.88 Å². The molecule has 7 heteroatoms. The number of rotatable bonds is 5. The molecule has 0 spiro atoms. The first kappa shape index (κ1) is 12.9. The molecule has 0 saturated heterocycles. The highest BCUT2D eigenvalue weighted by atomic mass is 35.5. The van der Waals surface area contributed by atoms with E-state index in [0.717, 1.165) is 11.6 Å². The Bertz CT molecular complexity index is 709. The second kappa shape index (κ2) is 5.50. The molecule has 6 nitrogen and oxygen atoms in total. The number of hydrogen-bond acceptors (Lipinski definition) is 5. The summed E-state index contributed by atoms with van der Waals surface area (Å²) in [5, 5.41) is 0. The molecule has 0 aliphatic rings. The van der Waals surface area contributed by atoms with E-state index in [4.69, 9.17) is 20.8 Å². The molecule has 3 rings (SSSR count). The number of ether oxygens (including phenoxy) is 1. The fraction of sp³-hybridized carbons (Fsp3) is 0.308. The van der Waals surface area contributed by atoms with E-state index in [1.165, 1.54) is 6.33 Å². The summed E-state index contributed by atoms with van der Waals surface area (Å²) in [6, 6.07) is 3.76. The van der Waals surface area contributed by atoms with Crippen molar-refractivity contribution in [3.8, 4) is 5.88 Å². The zero-order valence-corrected chi connectivity index (χ0v) is 11.7. The Kier molecular flexibility index (Phi) is 3.56. The zero-order valence-electron chi connectivity index (χ0n) is 10.9. The van der Waals surface area contributed by atoms with Crippen LogP contribution in [0.2, 0.25) is 0 Å². The number of alkyl halides is 1. The van der Waals surface area contributed by atoms with Crippen LogP contribution in [0.1, 0.15) is 11.6 Å². The lowest BCUT2D eigenvalue weighted by molar-refractivity contribution is 0.401. The fourth-order valence-electron chi connectivity index (χ4n) is 2.11. The van der Waals surface area contributed by atoms with Crippen LogP contribution in [-0.2, 0) is 13.0 Å². The molecule has 0 unspecified atom stereocenters. The van der Waals surface area contributed by atoms with E-state index in [1.807, 2.05) is 16.7 Å². The van der Waals surface area contributed by atoms with E-state index in [2.05, 4.69) is 15.0 Å². The molecule has 0 radical (unpaired) electrons. The van der Waals surface area contributed by atoms with Gasteiger partial charge in [0, 0.05) is 12.3 Å². The van der Waals surface area contributed by atoms with Crippen molar-refractivity contribution in [1.82, 2.24) is 19.5 Å². The number of nitrogens with zero attached hydrogens (tertiary/aromatic N) is 4. The van der Waals surface area contributed by atoms with Gasteiger partial charge in [-0.25, -0.2) is 9.97 Å². The van der Waals surface area contributed by atoms with Gasteiger partial charge < -0.3 is 13.7 Å². The summed E-state index contributed by atoms with van der Waals surface area (Å²) in [5.41, 5.74) is 1.36. The summed E-state index contributed by atoms with van der Waals surface area (Å²) in [7, 11) is 1.56. The molecule has 3 aromatic rings. The Hall–Kier alpha value is -2.08. The Morgan fingerprint density at radius 1 is 1.40 bits per heavy atom. The van der Waals surface area contributed by atoms with Crippen molar-refractivity contribution in [3.63, 3.8) is 0 Å². The van der Waals surface area contributed by atoms with Gasteiger partial charge in [0.05, 0.1) is 19.9 Å². The highest BCUT2D eigenvalue weighted by Gasteiger charge is 2.16. The summed E-state index contributed by atoms with van der Waals surface area (Å²) >= 11 is 5.85. The molecule has 0 aliphatic carbocycles. The molecule has 0 bridgehead atoms. The van der Waals surface area contributed by atoms with Gasteiger partial charge in [0.1, 0.15) is 17.9 Å². The van der Waals surface area contributed by atoms with Crippen molar-refractivity contribution in [2.75, 3.05) is 13.0 Å². The van der Waals surface area contributed by atoms with Crippen molar-refractivity contribution in [2.45, 2.75) is 13.0 Å². The third-order valence-electron chi connectivity index (χ3n) is 2.98. The highest BCUT2D eigenvalue weighted by Crippen LogP contribution is 2.23. The first-order valence-electron chi connectivity index (χ1n) is 6.16. The number of halogens is 1. The molecule has 3 heterocycles. The van der Waals surface area contributed by atoms with Crippen LogP contribution in [0.3, 0.4) is 0 Å². The van der Waals surface area contributed by atoms with E-state index >= 15 is 0 Å². The third-order valence-corrected chi connectivity index (χ3v) is 3.17. The van der Waals surface area contributed by atoms with Gasteiger partial charge >= 0.3 is 0 Å². The molecule has 3 aromatic heterocycles. The first-order chi connectivity index (χ1) is 9.83. The second-order valence-corrected chi connectivity index (χ2v) is 4.57. The van der Waals surface area contributed by atoms with E-state index < -0.39 is 0 Å². The van der Waals surface area contributed by atoms with Crippen molar-refractivity contribution >= 4 is 22.8 Å². The second-order valence-electron chi connectivity index (χ2n) is 4.19. The number of methoxy groups -OCH3 is 1. The zero-order chi connectivity index (χ0) is 13.9. The number of imidazole rings is 1. The molecule has 0 N–H and O–H groups in total. The average molecular weight is 293 g/mol. The molecular weight excluding hydrogens is 280 g/mol. The van der Waals surface area contributed by atoms with Crippen molar-refractivity contribution < 1.29 is 9.15 Å². The van der Waals surface area contributed by atoms with Crippen LogP contribution in [-0.4, -0.2) is 32.5 Å². The Balaban J connectivity index is 2.13. The molecule has 20 heavy (non-hydrogen) atoms. The molecule has 0 aromatic carbocycles. The maximum absolute atomic E-state index is 5.85. The van der Waals surface area contributed by atoms with Gasteiger partial charge in [-0.3, -0.25) is 0 Å². The smallest absolute Gasteiger partial charge is 0.245 e. The third kappa shape index (κ3) is 2.22. The van der Waals surface area contributed by atoms with Gasteiger partial charge in [0.25, 0.3) is 0 Å². The van der Waals surface area contributed by atoms with Crippen LogP contribution < -0.4 is 4.74 Å². The van der Waals surface area contributed by atoms with Crippen LogP contribution >= 0.6 is 11.6 Å². The minimum atomic E-state index is 0.462. The number of aromatic nitrogens is 4. The molecule has 0 aliphatic heterocycles. The van der Waals surface area contributed by atoms with Gasteiger partial charge in [0.15, 0.2) is 11.2 Å². The lowest BCUT2D eigenvalue weighted by atomic mass is 10.4. The average Bonchev–Trinajstić information content (AvgIpc) is 3.08. The van der Waals surface area contributed by atoms with E-state index in [-0.39, 0.29) is 0 Å². The van der Waals surface area contributed by atoms with Crippen molar-refractivity contribution in [1.29, 1.82) is 0 Å². The van der Waals surface area contributed by atoms with Gasteiger partial charge in [-0.15, -0.1) is 11.6 Å². The fourth-order valence-corrected chi connectivity index (χ4v) is 2.28. The highest BCUT2D eigenvalue weighted by molar-refractivity contribution is 6.17. The largest absolute Gasteiger partial charge is 0.479 e. The van der Waals surface area contributed by atoms with Crippen LogP contribution in [0.15, 0.2) is 29.1 Å². The van der Waals surface area contributed by atoms with E-state index in [1.54, 1.807) is 13.4 Å². The Labute approximate surface area is 120 Å².